The van der Waals surface area contributed by atoms with Gasteiger partial charge in [-0.2, -0.15) is 0 Å². The minimum atomic E-state index is -0.188. The standard InChI is InChI=1S/C28H27NO4S/c1-17-24(26(31)29-22-14-28(15-22)12-21(13-28)27(32)33-2)23(16-34-17)25(30)20-10-8-19(9-11-20)18-6-4-3-5-7-18/h3-11,16,21-22H,12-15H2,1-2H3,(H,29,31). The van der Waals surface area contributed by atoms with Gasteiger partial charge < -0.3 is 10.1 Å². The van der Waals surface area contributed by atoms with E-state index in [9.17, 15) is 14.4 Å². The Morgan fingerprint density at radius 2 is 1.59 bits per heavy atom. The summed E-state index contributed by atoms with van der Waals surface area (Å²) in [6.45, 7) is 1.88. The molecule has 1 heterocycles. The normalized spacial score (nSPS) is 23.0. The number of benzene rings is 2. The maximum atomic E-state index is 13.3. The van der Waals surface area contributed by atoms with Gasteiger partial charge in [0.2, 0.25) is 0 Å². The van der Waals surface area contributed by atoms with Gasteiger partial charge in [-0.1, -0.05) is 54.6 Å². The van der Waals surface area contributed by atoms with E-state index in [1.54, 1.807) is 5.38 Å². The minimum absolute atomic E-state index is 0.00160. The van der Waals surface area contributed by atoms with Crippen LogP contribution in [0.4, 0.5) is 0 Å². The number of ketones is 1. The second kappa shape index (κ2) is 8.84. The van der Waals surface area contributed by atoms with Gasteiger partial charge in [0.15, 0.2) is 5.78 Å². The van der Waals surface area contributed by atoms with E-state index in [0.29, 0.717) is 16.7 Å². The van der Waals surface area contributed by atoms with Gasteiger partial charge in [0.05, 0.1) is 18.6 Å². The van der Waals surface area contributed by atoms with Crippen molar-refractivity contribution in [1.29, 1.82) is 0 Å². The van der Waals surface area contributed by atoms with Crippen molar-refractivity contribution in [1.82, 2.24) is 5.32 Å². The zero-order valence-corrected chi connectivity index (χ0v) is 20.1. The Bertz CT molecular complexity index is 1230. The molecular weight excluding hydrogens is 446 g/mol. The van der Waals surface area contributed by atoms with Gasteiger partial charge in [-0.15, -0.1) is 11.3 Å². The van der Waals surface area contributed by atoms with Crippen LogP contribution in [0.1, 0.15) is 56.8 Å². The van der Waals surface area contributed by atoms with Crippen LogP contribution in [0, 0.1) is 18.3 Å². The number of carbonyl (C=O) groups is 3. The fourth-order valence-electron chi connectivity index (χ4n) is 5.50. The summed E-state index contributed by atoms with van der Waals surface area (Å²) < 4.78 is 4.83. The summed E-state index contributed by atoms with van der Waals surface area (Å²) in [5.41, 5.74) is 3.80. The third-order valence-corrected chi connectivity index (χ3v) is 8.20. The van der Waals surface area contributed by atoms with Crippen LogP contribution in [0.25, 0.3) is 11.1 Å². The highest BCUT2D eigenvalue weighted by atomic mass is 32.1. The first-order valence-corrected chi connectivity index (χ1v) is 12.4. The molecule has 0 unspecified atom stereocenters. The van der Waals surface area contributed by atoms with Crippen molar-refractivity contribution < 1.29 is 19.1 Å². The molecule has 2 aromatic carbocycles. The molecular formula is C28H27NO4S. The number of hydrogen-bond donors (Lipinski definition) is 1. The van der Waals surface area contributed by atoms with Gasteiger partial charge in [-0.25, -0.2) is 0 Å². The Hall–Kier alpha value is -3.25. The Balaban J connectivity index is 1.25. The number of methoxy groups -OCH3 is 1. The van der Waals surface area contributed by atoms with Crippen LogP contribution in [-0.2, 0) is 9.53 Å². The molecule has 2 aliphatic carbocycles. The first-order chi connectivity index (χ1) is 16.4. The predicted molar refractivity (Wildman–Crippen MR) is 132 cm³/mol. The van der Waals surface area contributed by atoms with Gasteiger partial charge in [0.1, 0.15) is 0 Å². The van der Waals surface area contributed by atoms with Crippen LogP contribution in [0.15, 0.2) is 60.0 Å². The van der Waals surface area contributed by atoms with Gasteiger partial charge >= 0.3 is 5.97 Å². The number of ether oxygens (including phenoxy) is 1. The third-order valence-electron chi connectivity index (χ3n) is 7.29. The predicted octanol–water partition coefficient (Wildman–Crippen LogP) is 5.42. The van der Waals surface area contributed by atoms with Crippen molar-refractivity contribution >= 4 is 29.0 Å². The van der Waals surface area contributed by atoms with Crippen LogP contribution < -0.4 is 5.32 Å². The molecule has 2 saturated carbocycles. The molecule has 34 heavy (non-hydrogen) atoms. The third kappa shape index (κ3) is 4.07. The summed E-state index contributed by atoms with van der Waals surface area (Å²) in [6, 6.07) is 17.6. The van der Waals surface area contributed by atoms with Crippen LogP contribution in [0.2, 0.25) is 0 Å². The van der Waals surface area contributed by atoms with Crippen molar-refractivity contribution in [2.45, 2.75) is 38.6 Å². The fourth-order valence-corrected chi connectivity index (χ4v) is 6.34. The molecule has 0 bridgehead atoms. The molecule has 2 aliphatic rings. The van der Waals surface area contributed by atoms with E-state index in [2.05, 4.69) is 5.32 Å². The lowest BCUT2D eigenvalue weighted by molar-refractivity contribution is -0.159. The zero-order valence-electron chi connectivity index (χ0n) is 19.3. The Kier molecular flexibility index (Phi) is 5.86. The molecule has 5 nitrogen and oxygen atoms in total. The average molecular weight is 474 g/mol. The number of amides is 1. The zero-order chi connectivity index (χ0) is 23.9. The van der Waals surface area contributed by atoms with Gasteiger partial charge in [-0.05, 0) is 49.1 Å². The van der Waals surface area contributed by atoms with Crippen LogP contribution >= 0.6 is 11.3 Å². The fraction of sp³-hybridized carbons (Fsp3) is 0.321. The number of nitrogens with one attached hydrogen (secondary N) is 1. The number of hydrogen-bond acceptors (Lipinski definition) is 5. The van der Waals surface area contributed by atoms with Crippen molar-refractivity contribution in [2.24, 2.45) is 11.3 Å². The van der Waals surface area contributed by atoms with E-state index in [0.717, 1.165) is 41.7 Å². The molecule has 2 fully saturated rings. The second-order valence-electron chi connectivity index (χ2n) is 9.56. The smallest absolute Gasteiger partial charge is 0.308 e. The first-order valence-electron chi connectivity index (χ1n) is 11.6. The molecule has 1 amide bonds. The van der Waals surface area contributed by atoms with Gasteiger partial charge in [0.25, 0.3) is 5.91 Å². The Labute approximate surface area is 203 Å². The van der Waals surface area contributed by atoms with Crippen LogP contribution in [-0.4, -0.2) is 30.8 Å². The average Bonchev–Trinajstić information content (AvgIpc) is 3.20. The second-order valence-corrected chi connectivity index (χ2v) is 10.6. The molecule has 174 valence electrons. The van der Waals surface area contributed by atoms with E-state index < -0.39 is 0 Å². The Morgan fingerprint density at radius 1 is 0.941 bits per heavy atom. The van der Waals surface area contributed by atoms with Crippen molar-refractivity contribution in [3.05, 3.63) is 81.5 Å². The van der Waals surface area contributed by atoms with Crippen molar-refractivity contribution in [3.63, 3.8) is 0 Å². The number of rotatable bonds is 6. The van der Waals surface area contributed by atoms with Crippen LogP contribution in [0.3, 0.4) is 0 Å². The molecule has 1 N–H and O–H groups in total. The van der Waals surface area contributed by atoms with E-state index in [1.807, 2.05) is 61.5 Å². The molecule has 1 spiro atoms. The summed E-state index contributed by atoms with van der Waals surface area (Å²) in [4.78, 5) is 38.9. The molecule has 3 aromatic rings. The lowest BCUT2D eigenvalue weighted by atomic mass is 9.50. The van der Waals surface area contributed by atoms with Crippen molar-refractivity contribution in [3.8, 4) is 11.1 Å². The quantitative estimate of drug-likeness (QED) is 0.383. The van der Waals surface area contributed by atoms with E-state index in [4.69, 9.17) is 4.74 Å². The monoisotopic (exact) mass is 473 g/mol. The highest BCUT2D eigenvalue weighted by Gasteiger charge is 2.55. The summed E-state index contributed by atoms with van der Waals surface area (Å²) in [5.74, 6) is -0.462. The van der Waals surface area contributed by atoms with E-state index in [1.165, 1.54) is 18.4 Å². The molecule has 0 radical (unpaired) electrons. The maximum absolute atomic E-state index is 13.3. The summed E-state index contributed by atoms with van der Waals surface area (Å²) >= 11 is 1.42. The highest BCUT2D eigenvalue weighted by molar-refractivity contribution is 7.10. The SMILES string of the molecule is COC(=O)C1CC2(CC(NC(=O)c3c(C(=O)c4ccc(-c5ccccc5)cc4)csc3C)C2)C1. The number of aryl methyl sites for hydroxylation is 1. The number of carbonyl (C=O) groups excluding carboxylic acids is 3. The molecule has 0 aliphatic heterocycles. The minimum Gasteiger partial charge on any atom is -0.469 e. The van der Waals surface area contributed by atoms with E-state index >= 15 is 0 Å². The number of esters is 1. The van der Waals surface area contributed by atoms with E-state index in [-0.39, 0.29) is 35.0 Å². The topological polar surface area (TPSA) is 72.5 Å². The molecule has 0 atom stereocenters. The summed E-state index contributed by atoms with van der Waals surface area (Å²) in [5, 5.41) is 4.90. The largest absolute Gasteiger partial charge is 0.469 e. The highest BCUT2D eigenvalue weighted by Crippen LogP contribution is 2.59. The van der Waals surface area contributed by atoms with Gasteiger partial charge in [0, 0.05) is 27.4 Å². The lowest BCUT2D eigenvalue weighted by Crippen LogP contribution is -2.57. The molecule has 5 rings (SSSR count). The molecule has 6 heteroatoms. The number of thiophene rings is 1. The first kappa shape index (κ1) is 22.5. The maximum Gasteiger partial charge on any atom is 0.308 e. The Morgan fingerprint density at radius 3 is 2.24 bits per heavy atom. The molecule has 1 aromatic heterocycles. The van der Waals surface area contributed by atoms with Crippen molar-refractivity contribution in [2.75, 3.05) is 7.11 Å². The van der Waals surface area contributed by atoms with Gasteiger partial charge in [-0.3, -0.25) is 14.4 Å². The summed E-state index contributed by atoms with van der Waals surface area (Å²) in [6.07, 6.45) is 3.43. The summed E-state index contributed by atoms with van der Waals surface area (Å²) in [7, 11) is 1.43. The van der Waals surface area contributed by atoms with Crippen LogP contribution in [0.5, 0.6) is 0 Å². The molecule has 0 saturated heterocycles. The lowest BCUT2D eigenvalue weighted by Gasteiger charge is -2.56.